The smallest absolute Gasteiger partial charge is 0.251 e. The first kappa shape index (κ1) is 18.1. The third-order valence-corrected chi connectivity index (χ3v) is 5.96. The van der Waals surface area contributed by atoms with Gasteiger partial charge in [0.15, 0.2) is 0 Å². The maximum absolute atomic E-state index is 12.6. The summed E-state index contributed by atoms with van der Waals surface area (Å²) in [7, 11) is 0. The summed E-state index contributed by atoms with van der Waals surface area (Å²) in [4.78, 5) is 19.1. The second-order valence-corrected chi connectivity index (χ2v) is 7.81. The molecule has 134 valence electrons. The Kier molecular flexibility index (Phi) is 5.21. The number of carbonyl (C=O) groups is 1. The lowest BCUT2D eigenvalue weighted by atomic mass is 10.1. The number of carbonyl (C=O) groups excluding carboxylic acids is 1. The Morgan fingerprint density at radius 2 is 1.74 bits per heavy atom. The van der Waals surface area contributed by atoms with Crippen molar-refractivity contribution in [1.29, 1.82) is 0 Å². The summed E-state index contributed by atoms with van der Waals surface area (Å²) in [5.41, 5.74) is 2.98. The highest BCUT2D eigenvalue weighted by Gasteiger charge is 2.17. The predicted octanol–water partition coefficient (Wildman–Crippen LogP) is 6.05. The molecule has 1 heterocycles. The van der Waals surface area contributed by atoms with Gasteiger partial charge in [-0.05, 0) is 35.9 Å². The molecule has 1 amide bonds. The highest BCUT2D eigenvalue weighted by atomic mass is 35.5. The molecule has 3 aromatic rings. The molecular formula is C21H14Cl2N2OS. The zero-order valence-corrected chi connectivity index (χ0v) is 16.4. The highest BCUT2D eigenvalue weighted by molar-refractivity contribution is 7.99. The van der Waals surface area contributed by atoms with E-state index in [0.717, 1.165) is 20.9 Å². The van der Waals surface area contributed by atoms with Crippen LogP contribution in [0.4, 0.5) is 5.69 Å². The molecule has 0 spiro atoms. The Hall–Kier alpha value is -2.27. The van der Waals surface area contributed by atoms with E-state index in [1.165, 1.54) is 0 Å². The molecule has 0 fully saturated rings. The molecule has 0 aromatic heterocycles. The maximum Gasteiger partial charge on any atom is 0.251 e. The third kappa shape index (κ3) is 3.88. The van der Waals surface area contributed by atoms with Gasteiger partial charge < -0.3 is 5.32 Å². The Balaban J connectivity index is 1.58. The molecule has 0 saturated carbocycles. The van der Waals surface area contributed by atoms with Crippen LogP contribution in [0.5, 0.6) is 0 Å². The summed E-state index contributed by atoms with van der Waals surface area (Å²) in [5, 5.41) is 3.95. The van der Waals surface area contributed by atoms with Gasteiger partial charge in [-0.15, -0.1) is 0 Å². The number of rotatable bonds is 3. The van der Waals surface area contributed by atoms with Crippen molar-refractivity contribution in [2.75, 3.05) is 0 Å². The molecule has 0 aliphatic carbocycles. The van der Waals surface area contributed by atoms with Crippen LogP contribution in [0.2, 0.25) is 5.02 Å². The highest BCUT2D eigenvalue weighted by Crippen LogP contribution is 2.41. The lowest BCUT2D eigenvalue weighted by Crippen LogP contribution is -2.22. The average Bonchev–Trinajstić information content (AvgIpc) is 2.82. The second kappa shape index (κ2) is 7.77. The third-order valence-electron chi connectivity index (χ3n) is 4.17. The van der Waals surface area contributed by atoms with Crippen molar-refractivity contribution < 1.29 is 4.79 Å². The quantitative estimate of drug-likeness (QED) is 0.568. The van der Waals surface area contributed by atoms with Crippen molar-refractivity contribution in [3.63, 3.8) is 0 Å². The maximum atomic E-state index is 12.6. The molecule has 0 radical (unpaired) electrons. The summed E-state index contributed by atoms with van der Waals surface area (Å²) < 4.78 is 0. The van der Waals surface area contributed by atoms with Crippen LogP contribution in [0, 0.1) is 0 Å². The van der Waals surface area contributed by atoms with Gasteiger partial charge in [0.1, 0.15) is 5.17 Å². The van der Waals surface area contributed by atoms with Gasteiger partial charge in [0.05, 0.1) is 5.69 Å². The summed E-state index contributed by atoms with van der Waals surface area (Å²) >= 11 is 14.1. The SMILES string of the molecule is O=C(NCc1ccccc1Cl)c1ccc2c(c1)N=C(Cl)c1ccccc1S2. The lowest BCUT2D eigenvalue weighted by Gasteiger charge is -2.09. The number of nitrogens with one attached hydrogen (secondary N) is 1. The van der Waals surface area contributed by atoms with Crippen LogP contribution in [0.25, 0.3) is 0 Å². The van der Waals surface area contributed by atoms with Crippen molar-refractivity contribution >= 4 is 51.7 Å². The minimum Gasteiger partial charge on any atom is -0.348 e. The van der Waals surface area contributed by atoms with Crippen molar-refractivity contribution in [1.82, 2.24) is 5.32 Å². The molecule has 0 unspecified atom stereocenters. The van der Waals surface area contributed by atoms with Crippen molar-refractivity contribution in [2.24, 2.45) is 4.99 Å². The van der Waals surface area contributed by atoms with E-state index in [0.29, 0.717) is 28.0 Å². The zero-order chi connectivity index (χ0) is 18.8. The molecule has 0 saturated heterocycles. The summed E-state index contributed by atoms with van der Waals surface area (Å²) in [6.45, 7) is 0.361. The van der Waals surface area contributed by atoms with Crippen molar-refractivity contribution in [2.45, 2.75) is 16.3 Å². The van der Waals surface area contributed by atoms with E-state index >= 15 is 0 Å². The summed E-state index contributed by atoms with van der Waals surface area (Å²) in [6.07, 6.45) is 0. The average molecular weight is 413 g/mol. The Labute approximate surface area is 171 Å². The molecule has 0 bridgehead atoms. The molecule has 27 heavy (non-hydrogen) atoms. The van der Waals surface area contributed by atoms with Gasteiger partial charge in [0.25, 0.3) is 5.91 Å². The Morgan fingerprint density at radius 1 is 0.963 bits per heavy atom. The fourth-order valence-electron chi connectivity index (χ4n) is 2.76. The standard InChI is InChI=1S/C21H14Cl2N2OS/c22-16-7-3-1-5-14(16)12-24-21(26)13-9-10-19-17(11-13)25-20(23)15-6-2-4-8-18(15)27-19/h1-11H,12H2,(H,24,26). The molecule has 1 aliphatic rings. The van der Waals surface area contributed by atoms with Crippen LogP contribution in [-0.2, 0) is 6.54 Å². The van der Waals surface area contributed by atoms with E-state index in [2.05, 4.69) is 10.3 Å². The van der Waals surface area contributed by atoms with E-state index < -0.39 is 0 Å². The van der Waals surface area contributed by atoms with Gasteiger partial charge >= 0.3 is 0 Å². The largest absolute Gasteiger partial charge is 0.348 e. The van der Waals surface area contributed by atoms with Crippen LogP contribution >= 0.6 is 35.0 Å². The van der Waals surface area contributed by atoms with Gasteiger partial charge in [-0.2, -0.15) is 0 Å². The first-order chi connectivity index (χ1) is 13.1. The Bertz CT molecular complexity index is 1070. The molecule has 3 nitrogen and oxygen atoms in total. The number of benzene rings is 3. The van der Waals surface area contributed by atoms with Gasteiger partial charge in [-0.25, -0.2) is 4.99 Å². The molecule has 3 aromatic carbocycles. The van der Waals surface area contributed by atoms with E-state index in [4.69, 9.17) is 23.2 Å². The van der Waals surface area contributed by atoms with Crippen LogP contribution in [0.15, 0.2) is 81.5 Å². The van der Waals surface area contributed by atoms with Gasteiger partial charge in [-0.3, -0.25) is 4.79 Å². The first-order valence-corrected chi connectivity index (χ1v) is 9.86. The molecular weight excluding hydrogens is 399 g/mol. The fraction of sp³-hybridized carbons (Fsp3) is 0.0476. The van der Waals surface area contributed by atoms with E-state index in [1.54, 1.807) is 30.0 Å². The zero-order valence-electron chi connectivity index (χ0n) is 14.1. The molecule has 4 rings (SSSR count). The fourth-order valence-corrected chi connectivity index (χ4v) is 4.28. The van der Waals surface area contributed by atoms with E-state index in [1.807, 2.05) is 48.5 Å². The molecule has 6 heteroatoms. The number of aliphatic imine (C=N–C) groups is 1. The van der Waals surface area contributed by atoms with E-state index in [-0.39, 0.29) is 5.91 Å². The monoisotopic (exact) mass is 412 g/mol. The summed E-state index contributed by atoms with van der Waals surface area (Å²) in [6, 6.07) is 20.8. The van der Waals surface area contributed by atoms with E-state index in [9.17, 15) is 4.79 Å². The molecule has 1 aliphatic heterocycles. The van der Waals surface area contributed by atoms with Crippen LogP contribution in [0.1, 0.15) is 21.5 Å². The second-order valence-electron chi connectivity index (χ2n) is 5.96. The minimum absolute atomic E-state index is 0.184. The van der Waals surface area contributed by atoms with Gasteiger partial charge in [0.2, 0.25) is 0 Å². The number of hydrogen-bond acceptors (Lipinski definition) is 3. The number of hydrogen-bond donors (Lipinski definition) is 1. The minimum atomic E-state index is -0.184. The van der Waals surface area contributed by atoms with Crippen molar-refractivity contribution in [3.05, 3.63) is 88.4 Å². The normalized spacial score (nSPS) is 12.4. The van der Waals surface area contributed by atoms with Crippen molar-refractivity contribution in [3.8, 4) is 0 Å². The number of amides is 1. The first-order valence-electron chi connectivity index (χ1n) is 8.29. The lowest BCUT2D eigenvalue weighted by molar-refractivity contribution is 0.0951. The number of nitrogens with zero attached hydrogens (tertiary/aromatic N) is 1. The summed E-state index contributed by atoms with van der Waals surface area (Å²) in [5.74, 6) is -0.184. The number of halogens is 2. The molecule has 1 N–H and O–H groups in total. The molecule has 0 atom stereocenters. The van der Waals surface area contributed by atoms with Crippen LogP contribution in [0.3, 0.4) is 0 Å². The number of fused-ring (bicyclic) bond motifs is 2. The van der Waals surface area contributed by atoms with Crippen LogP contribution in [-0.4, -0.2) is 11.1 Å². The topological polar surface area (TPSA) is 41.5 Å². The van der Waals surface area contributed by atoms with Gasteiger partial charge in [-0.1, -0.05) is 71.4 Å². The Morgan fingerprint density at radius 3 is 2.59 bits per heavy atom. The van der Waals surface area contributed by atoms with Gasteiger partial charge in [0, 0.05) is 32.5 Å². The van der Waals surface area contributed by atoms with Crippen LogP contribution < -0.4 is 5.32 Å². The predicted molar refractivity (Wildman–Crippen MR) is 112 cm³/mol.